The highest BCUT2D eigenvalue weighted by Crippen LogP contribution is 2.20. The Bertz CT molecular complexity index is 526. The second kappa shape index (κ2) is 6.35. The summed E-state index contributed by atoms with van der Waals surface area (Å²) in [5.74, 6) is 0. The third kappa shape index (κ3) is 3.25. The normalized spacial score (nSPS) is 19.7. The van der Waals surface area contributed by atoms with Crippen LogP contribution in [0.1, 0.15) is 24.8 Å². The lowest BCUT2D eigenvalue weighted by molar-refractivity contribution is 0.0650. The van der Waals surface area contributed by atoms with Crippen molar-refractivity contribution in [3.05, 3.63) is 48.0 Å². The quantitative estimate of drug-likeness (QED) is 0.761. The molecular weight excluding hydrogens is 248 g/mol. The Labute approximate surface area is 117 Å². The average Bonchev–Trinajstić information content (AvgIpc) is 2.49. The van der Waals surface area contributed by atoms with Crippen LogP contribution in [-0.4, -0.2) is 21.9 Å². The van der Waals surface area contributed by atoms with Gasteiger partial charge in [0.25, 0.3) is 0 Å². The van der Waals surface area contributed by atoms with Gasteiger partial charge >= 0.3 is 0 Å². The van der Waals surface area contributed by atoms with Gasteiger partial charge in [0.1, 0.15) is 0 Å². The number of ether oxygens (including phenoxy) is 1. The molecule has 0 aromatic heterocycles. The monoisotopic (exact) mass is 268 g/mol. The number of rotatable bonds is 4. The van der Waals surface area contributed by atoms with E-state index in [1.807, 2.05) is 0 Å². The second-order valence-corrected chi connectivity index (χ2v) is 6.75. The van der Waals surface area contributed by atoms with E-state index in [-0.39, 0.29) is 0 Å². The SMILES string of the molecule is c1ccc2c(CC[Si]C3CCCCO3)cccc2c1. The molecule has 1 nitrogen and oxygen atoms in total. The Morgan fingerprint density at radius 2 is 1.95 bits per heavy atom. The lowest BCUT2D eigenvalue weighted by atomic mass is 10.0. The largest absolute Gasteiger partial charge is 0.382 e. The van der Waals surface area contributed by atoms with Crippen LogP contribution in [0.5, 0.6) is 0 Å². The van der Waals surface area contributed by atoms with Crippen LogP contribution in [0.25, 0.3) is 10.8 Å². The van der Waals surface area contributed by atoms with Crippen LogP contribution in [-0.2, 0) is 11.2 Å². The average molecular weight is 268 g/mol. The lowest BCUT2D eigenvalue weighted by Gasteiger charge is -2.21. The van der Waals surface area contributed by atoms with Crippen molar-refractivity contribution >= 4 is 20.3 Å². The number of aryl methyl sites for hydroxylation is 1. The first-order valence-corrected chi connectivity index (χ1v) is 8.53. The first kappa shape index (κ1) is 12.9. The number of hydrogen-bond donors (Lipinski definition) is 0. The van der Waals surface area contributed by atoms with E-state index >= 15 is 0 Å². The van der Waals surface area contributed by atoms with Gasteiger partial charge in [0.05, 0.1) is 9.52 Å². The number of hydrogen-bond acceptors (Lipinski definition) is 1. The molecule has 3 rings (SSSR count). The maximum Gasteiger partial charge on any atom is 0.0781 e. The molecule has 2 aromatic rings. The standard InChI is InChI=1S/C17H20OSi/c1-2-9-16-14(6-1)7-5-8-15(16)11-13-19-17-10-3-4-12-18-17/h1-2,5-9,17H,3-4,10-13H2. The molecule has 0 bridgehead atoms. The van der Waals surface area contributed by atoms with Gasteiger partial charge in [-0.05, 0) is 42.0 Å². The molecular formula is C17H20OSi. The first-order valence-electron chi connectivity index (χ1n) is 7.25. The molecule has 19 heavy (non-hydrogen) atoms. The summed E-state index contributed by atoms with van der Waals surface area (Å²) in [4.78, 5) is 0. The van der Waals surface area contributed by atoms with E-state index in [0.29, 0.717) is 5.73 Å². The summed E-state index contributed by atoms with van der Waals surface area (Å²) in [6.45, 7) is 0.978. The van der Waals surface area contributed by atoms with Gasteiger partial charge in [-0.15, -0.1) is 0 Å². The number of fused-ring (bicyclic) bond motifs is 1. The van der Waals surface area contributed by atoms with Crippen molar-refractivity contribution in [3.63, 3.8) is 0 Å². The van der Waals surface area contributed by atoms with Gasteiger partial charge in [-0.25, -0.2) is 0 Å². The van der Waals surface area contributed by atoms with Crippen molar-refractivity contribution in [1.29, 1.82) is 0 Å². The zero-order valence-electron chi connectivity index (χ0n) is 11.3. The first-order chi connectivity index (χ1) is 9.43. The molecule has 2 aromatic carbocycles. The van der Waals surface area contributed by atoms with Crippen LogP contribution < -0.4 is 0 Å². The summed E-state index contributed by atoms with van der Waals surface area (Å²) >= 11 is 0. The predicted molar refractivity (Wildman–Crippen MR) is 81.8 cm³/mol. The maximum absolute atomic E-state index is 5.82. The van der Waals surface area contributed by atoms with Crippen LogP contribution in [0.2, 0.25) is 6.04 Å². The van der Waals surface area contributed by atoms with Crippen LogP contribution in [0, 0.1) is 0 Å². The Hall–Kier alpha value is -1.12. The highest BCUT2D eigenvalue weighted by Gasteiger charge is 2.14. The molecule has 0 aliphatic carbocycles. The summed E-state index contributed by atoms with van der Waals surface area (Å²) in [6.07, 6.45) is 5.06. The van der Waals surface area contributed by atoms with E-state index < -0.39 is 0 Å². The minimum absolute atomic E-state index is 0.545. The molecule has 0 N–H and O–H groups in total. The smallest absolute Gasteiger partial charge is 0.0781 e. The molecule has 0 saturated carbocycles. The van der Waals surface area contributed by atoms with Gasteiger partial charge in [0.2, 0.25) is 0 Å². The lowest BCUT2D eigenvalue weighted by Crippen LogP contribution is -2.25. The molecule has 2 heteroatoms. The Balaban J connectivity index is 1.62. The van der Waals surface area contributed by atoms with Gasteiger partial charge in [0, 0.05) is 12.3 Å². The van der Waals surface area contributed by atoms with E-state index in [2.05, 4.69) is 42.5 Å². The Morgan fingerprint density at radius 3 is 2.84 bits per heavy atom. The van der Waals surface area contributed by atoms with Crippen LogP contribution in [0.3, 0.4) is 0 Å². The molecule has 98 valence electrons. The second-order valence-electron chi connectivity index (χ2n) is 5.20. The molecule has 2 radical (unpaired) electrons. The fourth-order valence-corrected chi connectivity index (χ4v) is 4.16. The van der Waals surface area contributed by atoms with Crippen molar-refractivity contribution < 1.29 is 4.74 Å². The van der Waals surface area contributed by atoms with Gasteiger partial charge in [-0.1, -0.05) is 48.5 Å². The third-order valence-electron chi connectivity index (χ3n) is 3.83. The zero-order valence-corrected chi connectivity index (χ0v) is 12.3. The van der Waals surface area contributed by atoms with Crippen molar-refractivity contribution in [2.24, 2.45) is 0 Å². The highest BCUT2D eigenvalue weighted by atomic mass is 28.2. The van der Waals surface area contributed by atoms with Crippen molar-refractivity contribution in [3.8, 4) is 0 Å². The van der Waals surface area contributed by atoms with Crippen molar-refractivity contribution in [2.75, 3.05) is 6.61 Å². The van der Waals surface area contributed by atoms with E-state index in [1.54, 1.807) is 0 Å². The molecule has 1 fully saturated rings. The Kier molecular flexibility index (Phi) is 4.31. The van der Waals surface area contributed by atoms with Gasteiger partial charge in [0.15, 0.2) is 0 Å². The van der Waals surface area contributed by atoms with Crippen LogP contribution in [0.15, 0.2) is 42.5 Å². The minimum atomic E-state index is 0.545. The van der Waals surface area contributed by atoms with Gasteiger partial charge in [-0.3, -0.25) is 0 Å². The molecule has 1 aliphatic heterocycles. The molecule has 0 amide bonds. The van der Waals surface area contributed by atoms with E-state index in [0.717, 1.165) is 16.1 Å². The van der Waals surface area contributed by atoms with E-state index in [9.17, 15) is 0 Å². The predicted octanol–water partition coefficient (Wildman–Crippen LogP) is 4.03. The van der Waals surface area contributed by atoms with Crippen LogP contribution in [0.4, 0.5) is 0 Å². The molecule has 1 heterocycles. The summed E-state index contributed by atoms with van der Waals surface area (Å²) in [6, 6.07) is 16.6. The Morgan fingerprint density at radius 1 is 1.05 bits per heavy atom. The highest BCUT2D eigenvalue weighted by molar-refractivity contribution is 6.37. The van der Waals surface area contributed by atoms with Gasteiger partial charge < -0.3 is 4.74 Å². The number of benzene rings is 2. The summed E-state index contributed by atoms with van der Waals surface area (Å²) in [7, 11) is 0.956. The summed E-state index contributed by atoms with van der Waals surface area (Å²) < 4.78 is 5.82. The molecule has 1 aliphatic rings. The molecule has 0 spiro atoms. The van der Waals surface area contributed by atoms with Gasteiger partial charge in [-0.2, -0.15) is 0 Å². The molecule has 1 atom stereocenters. The van der Waals surface area contributed by atoms with Crippen molar-refractivity contribution in [2.45, 2.75) is 37.5 Å². The third-order valence-corrected chi connectivity index (χ3v) is 5.28. The fourth-order valence-electron chi connectivity index (χ4n) is 2.78. The summed E-state index contributed by atoms with van der Waals surface area (Å²) in [5, 5.41) is 2.77. The zero-order chi connectivity index (χ0) is 12.9. The van der Waals surface area contributed by atoms with Crippen LogP contribution >= 0.6 is 0 Å². The maximum atomic E-state index is 5.82. The summed E-state index contributed by atoms with van der Waals surface area (Å²) in [5.41, 5.74) is 2.03. The van der Waals surface area contributed by atoms with Crippen molar-refractivity contribution in [1.82, 2.24) is 0 Å². The van der Waals surface area contributed by atoms with E-state index in [1.165, 1.54) is 48.1 Å². The molecule has 1 unspecified atom stereocenters. The fraction of sp³-hybridized carbons (Fsp3) is 0.412. The topological polar surface area (TPSA) is 9.23 Å². The minimum Gasteiger partial charge on any atom is -0.382 e. The van der Waals surface area contributed by atoms with E-state index in [4.69, 9.17) is 4.74 Å². The molecule has 1 saturated heterocycles.